The Labute approximate surface area is 196 Å². The zero-order valence-corrected chi connectivity index (χ0v) is 19.3. The summed E-state index contributed by atoms with van der Waals surface area (Å²) in [7, 11) is -4.32. The fraction of sp³-hybridized carbons (Fsp3) is 0.652. The van der Waals surface area contributed by atoms with E-state index in [2.05, 4.69) is 10.0 Å². The second-order valence-electron chi connectivity index (χ2n) is 11.1. The van der Waals surface area contributed by atoms with E-state index in [9.17, 15) is 33.2 Å². The topological polar surface area (TPSA) is 156 Å². The molecule has 34 heavy (non-hydrogen) atoms. The van der Waals surface area contributed by atoms with Crippen molar-refractivity contribution in [2.75, 3.05) is 0 Å². The number of nitro benzene ring substituents is 1. The molecule has 5 saturated carbocycles. The zero-order chi connectivity index (χ0) is 24.1. The number of nitrogens with zero attached hydrogens (tertiary/aromatic N) is 1. The lowest BCUT2D eigenvalue weighted by Gasteiger charge is -2.56. The van der Waals surface area contributed by atoms with Gasteiger partial charge in [0.15, 0.2) is 4.90 Å². The van der Waals surface area contributed by atoms with E-state index in [1.807, 2.05) is 0 Å². The monoisotopic (exact) mass is 489 g/mol. The number of carboxylic acid groups (broad SMARTS) is 1. The van der Waals surface area contributed by atoms with Crippen molar-refractivity contribution < 1.29 is 28.0 Å². The Bertz CT molecular complexity index is 1220. The van der Waals surface area contributed by atoms with Gasteiger partial charge in [-0.25, -0.2) is 8.42 Å². The minimum Gasteiger partial charge on any atom is -0.481 e. The third kappa shape index (κ3) is 2.62. The first kappa shape index (κ1) is 22.0. The SMILES string of the molecule is O=C(NC1C2CC3CC4(C(=O)O)CC1CC34C2)C1(NS(=O)(=O)c2ccccc2[N+](=O)[O-])CCC1. The van der Waals surface area contributed by atoms with Crippen LogP contribution in [0.15, 0.2) is 29.2 Å². The third-order valence-electron chi connectivity index (χ3n) is 9.83. The first-order chi connectivity index (χ1) is 16.0. The number of carbonyl (C=O) groups is 2. The van der Waals surface area contributed by atoms with E-state index in [0.29, 0.717) is 31.6 Å². The molecule has 0 heterocycles. The number of aliphatic carboxylic acids is 1. The summed E-state index contributed by atoms with van der Waals surface area (Å²) in [6.45, 7) is 0. The number of benzene rings is 1. The van der Waals surface area contributed by atoms with E-state index in [1.165, 1.54) is 18.2 Å². The quantitative estimate of drug-likeness (QED) is 0.391. The molecule has 10 nitrogen and oxygen atoms in total. The predicted octanol–water partition coefficient (Wildman–Crippen LogP) is 2.19. The van der Waals surface area contributed by atoms with Gasteiger partial charge in [-0.15, -0.1) is 0 Å². The largest absolute Gasteiger partial charge is 0.481 e. The highest BCUT2D eigenvalue weighted by Gasteiger charge is 2.79. The van der Waals surface area contributed by atoms with Crippen LogP contribution in [-0.2, 0) is 19.6 Å². The van der Waals surface area contributed by atoms with Crippen molar-refractivity contribution in [2.45, 2.75) is 67.8 Å². The van der Waals surface area contributed by atoms with E-state index in [4.69, 9.17) is 0 Å². The summed E-state index contributed by atoms with van der Waals surface area (Å²) in [6, 6.07) is 4.93. The van der Waals surface area contributed by atoms with Crippen LogP contribution in [0.3, 0.4) is 0 Å². The summed E-state index contributed by atoms with van der Waals surface area (Å²) in [5, 5.41) is 24.5. The zero-order valence-electron chi connectivity index (χ0n) is 18.5. The molecule has 1 amide bonds. The highest BCUT2D eigenvalue weighted by atomic mass is 32.2. The van der Waals surface area contributed by atoms with Crippen LogP contribution in [0.4, 0.5) is 5.69 Å². The van der Waals surface area contributed by atoms with Gasteiger partial charge in [0.1, 0.15) is 5.54 Å². The van der Waals surface area contributed by atoms with Gasteiger partial charge in [-0.1, -0.05) is 12.1 Å². The molecule has 6 rings (SSSR count). The lowest BCUT2D eigenvalue weighted by Crippen LogP contribution is -2.65. The van der Waals surface area contributed by atoms with Gasteiger partial charge in [0.2, 0.25) is 15.9 Å². The summed E-state index contributed by atoms with van der Waals surface area (Å²) in [5.74, 6) is -0.437. The number of carbonyl (C=O) groups excluding carboxylic acids is 1. The standard InChI is InChI=1S/C23H27N3O7S/c27-19(23(6-3-7-23)25-34(32,33)17-5-2-1-4-16(17)26(30)31)24-18-13-8-15-12-22(20(28)29)11-14(18)10-21(15,22)9-13/h1-2,4-5,13-15,18,25H,3,6-12H2,(H,24,27)(H,28,29). The first-order valence-electron chi connectivity index (χ1n) is 11.9. The molecule has 1 spiro atoms. The van der Waals surface area contributed by atoms with Gasteiger partial charge >= 0.3 is 5.97 Å². The average Bonchev–Trinajstić information content (AvgIpc) is 3.13. The van der Waals surface area contributed by atoms with E-state index < -0.39 is 48.4 Å². The van der Waals surface area contributed by atoms with Crippen LogP contribution >= 0.6 is 0 Å². The number of carboxylic acids is 1. The molecule has 5 aliphatic carbocycles. The van der Waals surface area contributed by atoms with Crippen molar-refractivity contribution >= 4 is 27.6 Å². The lowest BCUT2D eigenvalue weighted by molar-refractivity contribution is -0.387. The van der Waals surface area contributed by atoms with Crippen LogP contribution in [0, 0.1) is 38.7 Å². The molecule has 3 N–H and O–H groups in total. The molecule has 182 valence electrons. The minimum absolute atomic E-state index is 0.0789. The van der Waals surface area contributed by atoms with Crippen molar-refractivity contribution in [3.05, 3.63) is 34.4 Å². The molecule has 5 aliphatic rings. The highest BCUT2D eigenvalue weighted by molar-refractivity contribution is 7.89. The van der Waals surface area contributed by atoms with Crippen molar-refractivity contribution in [1.82, 2.24) is 10.0 Å². The third-order valence-corrected chi connectivity index (χ3v) is 11.4. The smallest absolute Gasteiger partial charge is 0.310 e. The van der Waals surface area contributed by atoms with Gasteiger partial charge in [0, 0.05) is 12.1 Å². The minimum atomic E-state index is -4.32. The van der Waals surface area contributed by atoms with Crippen molar-refractivity contribution in [3.8, 4) is 0 Å². The molecular weight excluding hydrogens is 462 g/mol. The number of nitrogens with one attached hydrogen (secondary N) is 2. The number of rotatable bonds is 7. The van der Waals surface area contributed by atoms with Crippen LogP contribution in [0.1, 0.15) is 51.4 Å². The van der Waals surface area contributed by atoms with Crippen LogP contribution < -0.4 is 10.0 Å². The van der Waals surface area contributed by atoms with Crippen molar-refractivity contribution in [2.24, 2.45) is 28.6 Å². The molecule has 3 bridgehead atoms. The molecule has 6 unspecified atom stereocenters. The van der Waals surface area contributed by atoms with E-state index in [-0.39, 0.29) is 23.3 Å². The number of hydrogen-bond acceptors (Lipinski definition) is 6. The first-order valence-corrected chi connectivity index (χ1v) is 13.3. The van der Waals surface area contributed by atoms with Crippen LogP contribution in [-0.4, -0.2) is 41.9 Å². The molecule has 0 aliphatic heterocycles. The number of fused-ring (bicyclic) bond motifs is 2. The Morgan fingerprint density at radius 2 is 1.79 bits per heavy atom. The maximum absolute atomic E-state index is 13.5. The fourth-order valence-corrected chi connectivity index (χ4v) is 9.86. The summed E-state index contributed by atoms with van der Waals surface area (Å²) in [6.07, 6.45) is 5.10. The Kier molecular flexibility index (Phi) is 4.38. The molecule has 5 fully saturated rings. The average molecular weight is 490 g/mol. The van der Waals surface area contributed by atoms with E-state index >= 15 is 0 Å². The maximum atomic E-state index is 13.5. The van der Waals surface area contributed by atoms with Gasteiger partial charge in [-0.05, 0) is 80.6 Å². The fourth-order valence-electron chi connectivity index (χ4n) is 8.26. The van der Waals surface area contributed by atoms with Gasteiger partial charge in [0.25, 0.3) is 5.69 Å². The van der Waals surface area contributed by atoms with Gasteiger partial charge in [0.05, 0.1) is 10.3 Å². The van der Waals surface area contributed by atoms with Crippen LogP contribution in [0.25, 0.3) is 0 Å². The van der Waals surface area contributed by atoms with Crippen LogP contribution in [0.2, 0.25) is 0 Å². The van der Waals surface area contributed by atoms with Gasteiger partial charge in [-0.3, -0.25) is 19.7 Å². The molecule has 6 atom stereocenters. The second kappa shape index (κ2) is 6.78. The summed E-state index contributed by atoms with van der Waals surface area (Å²) in [4.78, 5) is 35.8. The molecule has 0 radical (unpaired) electrons. The Morgan fingerprint density at radius 3 is 2.44 bits per heavy atom. The maximum Gasteiger partial charge on any atom is 0.310 e. The van der Waals surface area contributed by atoms with Crippen molar-refractivity contribution in [1.29, 1.82) is 0 Å². The molecule has 0 aromatic heterocycles. The van der Waals surface area contributed by atoms with E-state index in [0.717, 1.165) is 31.7 Å². The molecule has 1 aromatic rings. The number of amides is 1. The second-order valence-corrected chi connectivity index (χ2v) is 12.7. The summed E-state index contributed by atoms with van der Waals surface area (Å²) >= 11 is 0. The molecule has 1 aromatic carbocycles. The highest BCUT2D eigenvalue weighted by Crippen LogP contribution is 2.81. The molecule has 11 heteroatoms. The number of hydrogen-bond donors (Lipinski definition) is 3. The summed E-state index contributed by atoms with van der Waals surface area (Å²) in [5.41, 5.74) is -2.68. The van der Waals surface area contributed by atoms with Crippen LogP contribution in [0.5, 0.6) is 0 Å². The predicted molar refractivity (Wildman–Crippen MR) is 118 cm³/mol. The summed E-state index contributed by atoms with van der Waals surface area (Å²) < 4.78 is 28.7. The molecule has 0 saturated heterocycles. The number of nitro groups is 1. The number of para-hydroxylation sites is 1. The number of sulfonamides is 1. The van der Waals surface area contributed by atoms with Gasteiger partial charge in [-0.2, -0.15) is 4.72 Å². The van der Waals surface area contributed by atoms with Crippen molar-refractivity contribution in [3.63, 3.8) is 0 Å². The Balaban J connectivity index is 1.24. The van der Waals surface area contributed by atoms with Gasteiger partial charge < -0.3 is 10.4 Å². The Morgan fingerprint density at radius 1 is 1.09 bits per heavy atom. The molecular formula is C23H27N3O7S. The normalized spacial score (nSPS) is 38.5. The Hall–Kier alpha value is -2.53. The lowest BCUT2D eigenvalue weighted by atomic mass is 9.46. The van der Waals surface area contributed by atoms with E-state index in [1.54, 1.807) is 0 Å².